The maximum Gasteiger partial charge on any atom is 0.302 e. The summed E-state index contributed by atoms with van der Waals surface area (Å²) in [5.41, 5.74) is 1.74. The molecule has 0 bridgehead atoms. The van der Waals surface area contributed by atoms with Gasteiger partial charge in [-0.2, -0.15) is 0 Å². The van der Waals surface area contributed by atoms with E-state index in [1.807, 2.05) is 0 Å². The van der Waals surface area contributed by atoms with Crippen molar-refractivity contribution in [3.63, 3.8) is 0 Å². The van der Waals surface area contributed by atoms with Crippen LogP contribution in [0.15, 0.2) is 11.6 Å². The summed E-state index contributed by atoms with van der Waals surface area (Å²) in [7, 11) is 0. The Labute approximate surface area is 117 Å². The predicted molar refractivity (Wildman–Crippen MR) is 77.8 cm³/mol. The van der Waals surface area contributed by atoms with E-state index in [4.69, 9.17) is 4.74 Å². The third-order valence-electron chi connectivity index (χ3n) is 5.41. The fourth-order valence-electron chi connectivity index (χ4n) is 4.41. The molecule has 1 saturated carbocycles. The summed E-state index contributed by atoms with van der Waals surface area (Å²) in [5, 5.41) is 0. The standard InChI is InChI=1S/C17H28O2/c1-12-7-10-17(13(2)11-12)9-6-8-16(4,5)15(17)19-14(3)18/h11,13,15H,6-10H2,1-5H3/t13?,15-,17?/m1/s1. The van der Waals surface area contributed by atoms with Crippen LogP contribution in [0.3, 0.4) is 0 Å². The topological polar surface area (TPSA) is 26.3 Å². The molecule has 2 nitrogen and oxygen atoms in total. The minimum atomic E-state index is -0.127. The van der Waals surface area contributed by atoms with Crippen LogP contribution in [0.2, 0.25) is 0 Å². The van der Waals surface area contributed by atoms with Crippen molar-refractivity contribution in [1.29, 1.82) is 0 Å². The molecule has 0 heterocycles. The molecule has 3 atom stereocenters. The average molecular weight is 264 g/mol. The SMILES string of the molecule is CC(=O)O[C@@H]1C(C)(C)CCCC12CCC(C)=CC2C. The van der Waals surface area contributed by atoms with E-state index in [-0.39, 0.29) is 22.9 Å². The Morgan fingerprint density at radius 1 is 1.32 bits per heavy atom. The smallest absolute Gasteiger partial charge is 0.302 e. The number of hydrogen-bond donors (Lipinski definition) is 0. The van der Waals surface area contributed by atoms with Crippen LogP contribution in [0.1, 0.15) is 66.7 Å². The molecule has 1 spiro atoms. The summed E-state index contributed by atoms with van der Waals surface area (Å²) < 4.78 is 5.84. The number of allylic oxidation sites excluding steroid dienone is 2. The van der Waals surface area contributed by atoms with Gasteiger partial charge >= 0.3 is 5.97 Å². The van der Waals surface area contributed by atoms with Gasteiger partial charge in [-0.05, 0) is 38.5 Å². The van der Waals surface area contributed by atoms with E-state index in [0.29, 0.717) is 5.92 Å². The molecule has 0 saturated heterocycles. The highest BCUT2D eigenvalue weighted by atomic mass is 16.5. The molecule has 0 amide bonds. The predicted octanol–water partition coefficient (Wildman–Crippen LogP) is 4.49. The lowest BCUT2D eigenvalue weighted by molar-refractivity contribution is -0.179. The lowest BCUT2D eigenvalue weighted by atomic mass is 9.53. The van der Waals surface area contributed by atoms with Crippen LogP contribution >= 0.6 is 0 Å². The van der Waals surface area contributed by atoms with Crippen LogP contribution in [0.5, 0.6) is 0 Å². The number of rotatable bonds is 1. The Morgan fingerprint density at radius 3 is 2.58 bits per heavy atom. The molecule has 0 aliphatic heterocycles. The molecule has 0 aromatic carbocycles. The Morgan fingerprint density at radius 2 is 2.00 bits per heavy atom. The second-order valence-corrected chi connectivity index (χ2v) is 7.37. The largest absolute Gasteiger partial charge is 0.461 e. The van der Waals surface area contributed by atoms with Gasteiger partial charge in [-0.1, -0.05) is 38.8 Å². The molecule has 19 heavy (non-hydrogen) atoms. The molecule has 2 heteroatoms. The molecule has 108 valence electrons. The first-order valence-corrected chi connectivity index (χ1v) is 7.62. The zero-order valence-electron chi connectivity index (χ0n) is 13.1. The van der Waals surface area contributed by atoms with Crippen LogP contribution in [0, 0.1) is 16.7 Å². The van der Waals surface area contributed by atoms with E-state index in [0.717, 1.165) is 19.3 Å². The van der Waals surface area contributed by atoms with Crippen molar-refractivity contribution in [2.75, 3.05) is 0 Å². The third kappa shape index (κ3) is 2.59. The Hall–Kier alpha value is -0.790. The average Bonchev–Trinajstić information content (AvgIpc) is 2.28. The first kappa shape index (κ1) is 14.6. The van der Waals surface area contributed by atoms with Crippen molar-refractivity contribution in [3.8, 4) is 0 Å². The molecular formula is C17H28O2. The minimum absolute atomic E-state index is 0.0607. The van der Waals surface area contributed by atoms with Crippen molar-refractivity contribution in [2.45, 2.75) is 72.8 Å². The quantitative estimate of drug-likeness (QED) is 0.515. The summed E-state index contributed by atoms with van der Waals surface area (Å²) in [6.45, 7) is 10.6. The molecule has 2 aliphatic rings. The second kappa shape index (κ2) is 4.96. The molecule has 2 unspecified atom stereocenters. The molecular weight excluding hydrogens is 236 g/mol. The number of hydrogen-bond acceptors (Lipinski definition) is 2. The van der Waals surface area contributed by atoms with Crippen molar-refractivity contribution in [3.05, 3.63) is 11.6 Å². The summed E-state index contributed by atoms with van der Waals surface area (Å²) in [5.74, 6) is 0.378. The second-order valence-electron chi connectivity index (χ2n) is 7.37. The van der Waals surface area contributed by atoms with E-state index in [1.54, 1.807) is 6.92 Å². The summed E-state index contributed by atoms with van der Waals surface area (Å²) in [6, 6.07) is 0. The normalized spacial score (nSPS) is 37.8. The van der Waals surface area contributed by atoms with Gasteiger partial charge < -0.3 is 4.74 Å². The van der Waals surface area contributed by atoms with Crippen LogP contribution in [0.4, 0.5) is 0 Å². The zero-order valence-corrected chi connectivity index (χ0v) is 13.1. The van der Waals surface area contributed by atoms with Gasteiger partial charge in [0.05, 0.1) is 0 Å². The van der Waals surface area contributed by atoms with Crippen LogP contribution in [0.25, 0.3) is 0 Å². The molecule has 1 fully saturated rings. The summed E-state index contributed by atoms with van der Waals surface area (Å²) >= 11 is 0. The van der Waals surface area contributed by atoms with E-state index in [9.17, 15) is 4.79 Å². The van der Waals surface area contributed by atoms with Gasteiger partial charge in [0.1, 0.15) is 6.10 Å². The minimum Gasteiger partial charge on any atom is -0.461 e. The van der Waals surface area contributed by atoms with Gasteiger partial charge in [-0.15, -0.1) is 0 Å². The monoisotopic (exact) mass is 264 g/mol. The zero-order chi connectivity index (χ0) is 14.3. The molecule has 0 aromatic heterocycles. The molecule has 2 rings (SSSR count). The summed E-state index contributed by atoms with van der Waals surface area (Å²) in [4.78, 5) is 11.6. The fraction of sp³-hybridized carbons (Fsp3) is 0.824. The molecule has 0 radical (unpaired) electrons. The Balaban J connectivity index is 2.37. The number of esters is 1. The number of carbonyl (C=O) groups is 1. The summed E-state index contributed by atoms with van der Waals surface area (Å²) in [6.07, 6.45) is 8.38. The van der Waals surface area contributed by atoms with Crippen molar-refractivity contribution in [2.24, 2.45) is 16.7 Å². The third-order valence-corrected chi connectivity index (χ3v) is 5.41. The Kier molecular flexibility index (Phi) is 3.81. The highest BCUT2D eigenvalue weighted by Gasteiger charge is 2.54. The van der Waals surface area contributed by atoms with Gasteiger partial charge in [0, 0.05) is 17.8 Å². The van der Waals surface area contributed by atoms with Gasteiger partial charge in [-0.25, -0.2) is 0 Å². The van der Waals surface area contributed by atoms with Crippen molar-refractivity contribution in [1.82, 2.24) is 0 Å². The van der Waals surface area contributed by atoms with Crippen LogP contribution < -0.4 is 0 Å². The van der Waals surface area contributed by atoms with Gasteiger partial charge in [-0.3, -0.25) is 4.79 Å². The van der Waals surface area contributed by atoms with Crippen molar-refractivity contribution < 1.29 is 9.53 Å². The Bertz CT molecular complexity index is 394. The lowest BCUT2D eigenvalue weighted by Gasteiger charge is -2.55. The lowest BCUT2D eigenvalue weighted by Crippen LogP contribution is -2.54. The van der Waals surface area contributed by atoms with E-state index < -0.39 is 0 Å². The van der Waals surface area contributed by atoms with Gasteiger partial charge in [0.15, 0.2) is 0 Å². The number of carbonyl (C=O) groups excluding carboxylic acids is 1. The van der Waals surface area contributed by atoms with E-state index in [1.165, 1.54) is 18.4 Å². The number of ether oxygens (including phenoxy) is 1. The van der Waals surface area contributed by atoms with Crippen molar-refractivity contribution >= 4 is 5.97 Å². The molecule has 0 aromatic rings. The highest BCUT2D eigenvalue weighted by Crippen LogP contribution is 2.56. The van der Waals surface area contributed by atoms with E-state index in [2.05, 4.69) is 33.8 Å². The fourth-order valence-corrected chi connectivity index (χ4v) is 4.41. The van der Waals surface area contributed by atoms with E-state index >= 15 is 0 Å². The first-order chi connectivity index (χ1) is 8.78. The highest BCUT2D eigenvalue weighted by molar-refractivity contribution is 5.66. The van der Waals surface area contributed by atoms with Crippen LogP contribution in [-0.2, 0) is 9.53 Å². The molecule has 0 N–H and O–H groups in total. The van der Waals surface area contributed by atoms with Gasteiger partial charge in [0.25, 0.3) is 0 Å². The van der Waals surface area contributed by atoms with Crippen LogP contribution in [-0.4, -0.2) is 12.1 Å². The maximum absolute atomic E-state index is 11.6. The van der Waals surface area contributed by atoms with Gasteiger partial charge in [0.2, 0.25) is 0 Å². The maximum atomic E-state index is 11.6. The first-order valence-electron chi connectivity index (χ1n) is 7.62. The molecule has 2 aliphatic carbocycles.